The van der Waals surface area contributed by atoms with Crippen molar-refractivity contribution in [1.29, 1.82) is 5.26 Å². The Hall–Kier alpha value is -1.20. The fraction of sp³-hybridized carbons (Fsp3) is 0.364. The van der Waals surface area contributed by atoms with Gasteiger partial charge in [0.15, 0.2) is 0 Å². The molecule has 3 heteroatoms. The van der Waals surface area contributed by atoms with E-state index < -0.39 is 0 Å². The summed E-state index contributed by atoms with van der Waals surface area (Å²) in [5.41, 5.74) is 0.584. The first-order chi connectivity index (χ1) is 6.79. The SMILES string of the molecule is N#Cc1ccc(Cl)c(OCC2CC2)c1. The van der Waals surface area contributed by atoms with Crippen molar-refractivity contribution in [2.24, 2.45) is 5.92 Å². The molecule has 0 aliphatic heterocycles. The fourth-order valence-electron chi connectivity index (χ4n) is 1.18. The summed E-state index contributed by atoms with van der Waals surface area (Å²) in [6.07, 6.45) is 2.49. The van der Waals surface area contributed by atoms with E-state index >= 15 is 0 Å². The maximum Gasteiger partial charge on any atom is 0.139 e. The molecule has 0 amide bonds. The van der Waals surface area contributed by atoms with E-state index in [0.29, 0.717) is 28.9 Å². The number of rotatable bonds is 3. The quantitative estimate of drug-likeness (QED) is 0.764. The van der Waals surface area contributed by atoms with Crippen molar-refractivity contribution >= 4 is 11.6 Å². The van der Waals surface area contributed by atoms with Crippen LogP contribution in [0.25, 0.3) is 0 Å². The summed E-state index contributed by atoms with van der Waals surface area (Å²) in [7, 11) is 0. The summed E-state index contributed by atoms with van der Waals surface area (Å²) in [4.78, 5) is 0. The molecule has 2 nitrogen and oxygen atoms in total. The summed E-state index contributed by atoms with van der Waals surface area (Å²) in [5, 5.41) is 9.27. The van der Waals surface area contributed by atoms with Crippen LogP contribution in [-0.2, 0) is 0 Å². The Kier molecular flexibility index (Phi) is 2.60. The second-order valence-electron chi connectivity index (χ2n) is 3.51. The molecule has 2 rings (SSSR count). The summed E-state index contributed by atoms with van der Waals surface area (Å²) in [5.74, 6) is 1.31. The van der Waals surface area contributed by atoms with Crippen LogP contribution in [0.15, 0.2) is 18.2 Å². The van der Waals surface area contributed by atoms with E-state index in [1.807, 2.05) is 0 Å². The van der Waals surface area contributed by atoms with Gasteiger partial charge in [-0.2, -0.15) is 5.26 Å². The maximum absolute atomic E-state index is 8.69. The molecule has 0 N–H and O–H groups in total. The van der Waals surface area contributed by atoms with E-state index in [2.05, 4.69) is 6.07 Å². The molecule has 1 saturated carbocycles. The summed E-state index contributed by atoms with van der Waals surface area (Å²) in [6, 6.07) is 7.13. The Labute approximate surface area is 88.1 Å². The van der Waals surface area contributed by atoms with Gasteiger partial charge in [-0.3, -0.25) is 0 Å². The molecule has 0 saturated heterocycles. The number of nitrogens with zero attached hydrogens (tertiary/aromatic N) is 1. The van der Waals surface area contributed by atoms with Crippen molar-refractivity contribution in [3.05, 3.63) is 28.8 Å². The van der Waals surface area contributed by atoms with Crippen LogP contribution in [0.3, 0.4) is 0 Å². The van der Waals surface area contributed by atoms with Crippen molar-refractivity contribution in [1.82, 2.24) is 0 Å². The minimum absolute atomic E-state index is 0.574. The van der Waals surface area contributed by atoms with Gasteiger partial charge in [0.25, 0.3) is 0 Å². The van der Waals surface area contributed by atoms with Gasteiger partial charge in [0.1, 0.15) is 5.75 Å². The highest BCUT2D eigenvalue weighted by Crippen LogP contribution is 2.31. The Morgan fingerprint density at radius 3 is 2.93 bits per heavy atom. The Balaban J connectivity index is 2.09. The lowest BCUT2D eigenvalue weighted by Crippen LogP contribution is -1.99. The van der Waals surface area contributed by atoms with Crippen LogP contribution in [-0.4, -0.2) is 6.61 Å². The molecule has 1 aliphatic carbocycles. The van der Waals surface area contributed by atoms with Crippen molar-refractivity contribution < 1.29 is 4.74 Å². The molecular formula is C11H10ClNO. The normalized spacial score (nSPS) is 14.9. The van der Waals surface area contributed by atoms with Crippen LogP contribution >= 0.6 is 11.6 Å². The highest BCUT2D eigenvalue weighted by molar-refractivity contribution is 6.32. The molecule has 0 radical (unpaired) electrons. The predicted molar refractivity (Wildman–Crippen MR) is 54.4 cm³/mol. The lowest BCUT2D eigenvalue weighted by atomic mass is 10.2. The van der Waals surface area contributed by atoms with Gasteiger partial charge in [0.2, 0.25) is 0 Å². The molecule has 0 heterocycles. The first-order valence-corrected chi connectivity index (χ1v) is 5.00. The Morgan fingerprint density at radius 1 is 1.50 bits per heavy atom. The molecular weight excluding hydrogens is 198 g/mol. The summed E-state index contributed by atoms with van der Waals surface area (Å²) >= 11 is 5.92. The first kappa shape index (κ1) is 9.36. The number of nitriles is 1. The van der Waals surface area contributed by atoms with E-state index in [9.17, 15) is 0 Å². The summed E-state index contributed by atoms with van der Waals surface area (Å²) < 4.78 is 5.52. The number of hydrogen-bond donors (Lipinski definition) is 0. The molecule has 1 aliphatic rings. The van der Waals surface area contributed by atoms with Crippen LogP contribution < -0.4 is 4.74 Å². The molecule has 1 fully saturated rings. The van der Waals surface area contributed by atoms with Crippen LogP contribution in [0.1, 0.15) is 18.4 Å². The van der Waals surface area contributed by atoms with Gasteiger partial charge in [-0.25, -0.2) is 0 Å². The zero-order valence-electron chi connectivity index (χ0n) is 7.66. The highest BCUT2D eigenvalue weighted by Gasteiger charge is 2.22. The Morgan fingerprint density at radius 2 is 2.29 bits per heavy atom. The average molecular weight is 208 g/mol. The van der Waals surface area contributed by atoms with Crippen LogP contribution in [0.2, 0.25) is 5.02 Å². The molecule has 0 aromatic heterocycles. The number of hydrogen-bond acceptors (Lipinski definition) is 2. The van der Waals surface area contributed by atoms with Crippen LogP contribution in [0, 0.1) is 17.2 Å². The maximum atomic E-state index is 8.69. The lowest BCUT2D eigenvalue weighted by molar-refractivity contribution is 0.300. The van der Waals surface area contributed by atoms with E-state index in [0.717, 1.165) is 0 Å². The third-order valence-corrected chi connectivity index (χ3v) is 2.54. The molecule has 72 valence electrons. The van der Waals surface area contributed by atoms with Gasteiger partial charge >= 0.3 is 0 Å². The van der Waals surface area contributed by atoms with Crippen molar-refractivity contribution in [2.45, 2.75) is 12.8 Å². The average Bonchev–Trinajstić information content (AvgIpc) is 3.00. The lowest BCUT2D eigenvalue weighted by Gasteiger charge is -2.06. The van der Waals surface area contributed by atoms with Crippen molar-refractivity contribution in [3.63, 3.8) is 0 Å². The standard InChI is InChI=1S/C11H10ClNO/c12-10-4-3-9(6-13)5-11(10)14-7-8-1-2-8/h3-5,8H,1-2,7H2. The predicted octanol–water partition coefficient (Wildman–Crippen LogP) is 3.00. The van der Waals surface area contributed by atoms with Crippen molar-refractivity contribution in [2.75, 3.05) is 6.61 Å². The first-order valence-electron chi connectivity index (χ1n) is 4.62. The highest BCUT2D eigenvalue weighted by atomic mass is 35.5. The third kappa shape index (κ3) is 2.18. The van der Waals surface area contributed by atoms with Gasteiger partial charge in [0.05, 0.1) is 23.3 Å². The zero-order valence-corrected chi connectivity index (χ0v) is 8.42. The zero-order chi connectivity index (χ0) is 9.97. The van der Waals surface area contributed by atoms with E-state index in [-0.39, 0.29) is 0 Å². The molecule has 0 spiro atoms. The minimum atomic E-state index is 0.574. The number of benzene rings is 1. The molecule has 0 atom stereocenters. The second kappa shape index (κ2) is 3.89. The minimum Gasteiger partial charge on any atom is -0.492 e. The summed E-state index contributed by atoms with van der Waals surface area (Å²) in [6.45, 7) is 0.717. The van der Waals surface area contributed by atoms with Crippen LogP contribution in [0.4, 0.5) is 0 Å². The van der Waals surface area contributed by atoms with Gasteiger partial charge < -0.3 is 4.74 Å². The van der Waals surface area contributed by atoms with Gasteiger partial charge in [-0.1, -0.05) is 11.6 Å². The monoisotopic (exact) mass is 207 g/mol. The number of halogens is 1. The fourth-order valence-corrected chi connectivity index (χ4v) is 1.35. The molecule has 1 aromatic carbocycles. The third-order valence-electron chi connectivity index (χ3n) is 2.23. The smallest absolute Gasteiger partial charge is 0.139 e. The van der Waals surface area contributed by atoms with E-state index in [1.54, 1.807) is 18.2 Å². The van der Waals surface area contributed by atoms with Gasteiger partial charge in [0, 0.05) is 0 Å². The van der Waals surface area contributed by atoms with Gasteiger partial charge in [-0.15, -0.1) is 0 Å². The topological polar surface area (TPSA) is 33.0 Å². The number of ether oxygens (including phenoxy) is 1. The second-order valence-corrected chi connectivity index (χ2v) is 3.92. The van der Waals surface area contributed by atoms with E-state index in [1.165, 1.54) is 12.8 Å². The molecule has 1 aromatic rings. The van der Waals surface area contributed by atoms with Crippen LogP contribution in [0.5, 0.6) is 5.75 Å². The molecule has 14 heavy (non-hydrogen) atoms. The Bertz CT molecular complexity index is 379. The largest absolute Gasteiger partial charge is 0.492 e. The van der Waals surface area contributed by atoms with Gasteiger partial charge in [-0.05, 0) is 37.0 Å². The van der Waals surface area contributed by atoms with Crippen molar-refractivity contribution in [3.8, 4) is 11.8 Å². The van der Waals surface area contributed by atoms with E-state index in [4.69, 9.17) is 21.6 Å². The molecule has 0 unspecified atom stereocenters. The molecule has 0 bridgehead atoms.